The molecule has 0 radical (unpaired) electrons. The summed E-state index contributed by atoms with van der Waals surface area (Å²) in [5.74, 6) is -1.21. The fourth-order valence-corrected chi connectivity index (χ4v) is 2.37. The quantitative estimate of drug-likeness (QED) is 0.901. The molecule has 19 heavy (non-hydrogen) atoms. The Labute approximate surface area is 112 Å². The number of aryl methyl sites for hydroxylation is 1. The minimum atomic E-state index is -1.05. The van der Waals surface area contributed by atoms with Gasteiger partial charge in [0.05, 0.1) is 0 Å². The molecule has 6 nitrogen and oxygen atoms in total. The van der Waals surface area contributed by atoms with Gasteiger partial charge in [0.1, 0.15) is 5.69 Å². The van der Waals surface area contributed by atoms with Crippen molar-refractivity contribution < 1.29 is 14.7 Å². The van der Waals surface area contributed by atoms with Crippen molar-refractivity contribution in [2.24, 2.45) is 0 Å². The van der Waals surface area contributed by atoms with Crippen molar-refractivity contribution in [3.05, 3.63) is 17.5 Å². The first-order valence-corrected chi connectivity index (χ1v) is 6.74. The number of hydrogen-bond acceptors (Lipinski definition) is 3. The van der Waals surface area contributed by atoms with Crippen LogP contribution in [0.2, 0.25) is 0 Å². The Morgan fingerprint density at radius 3 is 2.37 bits per heavy atom. The van der Waals surface area contributed by atoms with Gasteiger partial charge < -0.3 is 10.0 Å². The molecule has 2 rings (SSSR count). The third kappa shape index (κ3) is 2.94. The van der Waals surface area contributed by atoms with Crippen LogP contribution in [0.1, 0.15) is 53.6 Å². The Bertz CT molecular complexity index is 473. The highest BCUT2D eigenvalue weighted by atomic mass is 16.4. The second-order valence-electron chi connectivity index (χ2n) is 4.74. The van der Waals surface area contributed by atoms with Crippen LogP contribution in [0.25, 0.3) is 0 Å². The molecule has 1 aromatic heterocycles. The summed E-state index contributed by atoms with van der Waals surface area (Å²) >= 11 is 0. The maximum Gasteiger partial charge on any atom is 0.354 e. The number of aromatic nitrogens is 2. The number of carbonyl (C=O) groups is 2. The first kappa shape index (κ1) is 13.6. The molecular formula is C13H19N3O3. The molecule has 0 unspecified atom stereocenters. The summed E-state index contributed by atoms with van der Waals surface area (Å²) in [6, 6.07) is 1.37. The number of nitrogens with zero attached hydrogens (tertiary/aromatic N) is 3. The highest BCUT2D eigenvalue weighted by molar-refractivity contribution is 5.95. The van der Waals surface area contributed by atoms with E-state index in [2.05, 4.69) is 5.10 Å². The van der Waals surface area contributed by atoms with E-state index in [0.29, 0.717) is 6.54 Å². The lowest BCUT2D eigenvalue weighted by molar-refractivity contribution is 0.0682. The Morgan fingerprint density at radius 2 is 1.89 bits per heavy atom. The molecule has 1 aliphatic rings. The summed E-state index contributed by atoms with van der Waals surface area (Å²) in [5, 5.41) is 13.2. The number of aromatic carboxylic acids is 1. The summed E-state index contributed by atoms with van der Waals surface area (Å²) in [5.41, 5.74) is 0.307. The number of hydrogen-bond donors (Lipinski definition) is 1. The fourth-order valence-electron chi connectivity index (χ4n) is 2.37. The first-order chi connectivity index (χ1) is 9.13. The molecule has 1 amide bonds. The lowest BCUT2D eigenvalue weighted by Crippen LogP contribution is -2.32. The molecule has 0 saturated carbocycles. The van der Waals surface area contributed by atoms with E-state index in [1.807, 2.05) is 0 Å². The molecule has 1 fully saturated rings. The lowest BCUT2D eigenvalue weighted by Gasteiger charge is -2.18. The van der Waals surface area contributed by atoms with Crippen LogP contribution in [0.4, 0.5) is 0 Å². The van der Waals surface area contributed by atoms with Gasteiger partial charge in [0.15, 0.2) is 5.69 Å². The molecule has 0 aromatic carbocycles. The van der Waals surface area contributed by atoms with Crippen LogP contribution in [-0.2, 0) is 6.54 Å². The molecule has 6 heteroatoms. The Hall–Kier alpha value is -1.85. The Kier molecular flexibility index (Phi) is 4.19. The molecule has 2 heterocycles. The molecule has 1 saturated heterocycles. The molecule has 0 bridgehead atoms. The smallest absolute Gasteiger partial charge is 0.354 e. The van der Waals surface area contributed by atoms with Crippen LogP contribution < -0.4 is 0 Å². The zero-order valence-corrected chi connectivity index (χ0v) is 11.1. The van der Waals surface area contributed by atoms with E-state index in [0.717, 1.165) is 38.8 Å². The Balaban J connectivity index is 2.20. The van der Waals surface area contributed by atoms with E-state index in [4.69, 9.17) is 5.11 Å². The highest BCUT2D eigenvalue weighted by Crippen LogP contribution is 2.14. The van der Waals surface area contributed by atoms with Gasteiger partial charge in [-0.15, -0.1) is 0 Å². The van der Waals surface area contributed by atoms with Crippen molar-refractivity contribution in [1.82, 2.24) is 14.7 Å². The lowest BCUT2D eigenvalue weighted by atomic mass is 10.2. The van der Waals surface area contributed by atoms with Gasteiger partial charge in [0, 0.05) is 25.7 Å². The third-order valence-electron chi connectivity index (χ3n) is 3.41. The van der Waals surface area contributed by atoms with Crippen LogP contribution in [0.5, 0.6) is 0 Å². The number of carbonyl (C=O) groups excluding carboxylic acids is 1. The van der Waals surface area contributed by atoms with Crippen molar-refractivity contribution in [2.75, 3.05) is 13.1 Å². The number of likely N-dealkylation sites (tertiary alicyclic amines) is 1. The average molecular weight is 265 g/mol. The second kappa shape index (κ2) is 5.86. The molecule has 0 spiro atoms. The van der Waals surface area contributed by atoms with Crippen molar-refractivity contribution in [3.8, 4) is 0 Å². The topological polar surface area (TPSA) is 75.4 Å². The van der Waals surface area contributed by atoms with E-state index >= 15 is 0 Å². The third-order valence-corrected chi connectivity index (χ3v) is 3.41. The van der Waals surface area contributed by atoms with Crippen molar-refractivity contribution in [2.45, 2.75) is 39.2 Å². The summed E-state index contributed by atoms with van der Waals surface area (Å²) in [6.07, 6.45) is 4.30. The second-order valence-corrected chi connectivity index (χ2v) is 4.74. The van der Waals surface area contributed by atoms with E-state index in [-0.39, 0.29) is 17.3 Å². The summed E-state index contributed by atoms with van der Waals surface area (Å²) in [6.45, 7) is 3.72. The maximum atomic E-state index is 12.3. The van der Waals surface area contributed by atoms with Crippen molar-refractivity contribution in [3.63, 3.8) is 0 Å². The van der Waals surface area contributed by atoms with E-state index in [1.165, 1.54) is 10.7 Å². The summed E-state index contributed by atoms with van der Waals surface area (Å²) < 4.78 is 1.35. The average Bonchev–Trinajstić information content (AvgIpc) is 2.65. The first-order valence-electron chi connectivity index (χ1n) is 6.74. The predicted octanol–water partition coefficient (Wildman–Crippen LogP) is 1.62. The fraction of sp³-hybridized carbons (Fsp3) is 0.615. The number of carboxylic acids is 1. The number of amides is 1. The summed E-state index contributed by atoms with van der Waals surface area (Å²) in [7, 11) is 0. The number of carboxylic acid groups (broad SMARTS) is 1. The normalized spacial score (nSPS) is 16.2. The SMILES string of the molecule is CCn1nc(C(=O)N2CCCCCC2)cc1C(=O)O. The van der Waals surface area contributed by atoms with Gasteiger partial charge in [0.2, 0.25) is 0 Å². The van der Waals surface area contributed by atoms with E-state index < -0.39 is 5.97 Å². The molecular weight excluding hydrogens is 246 g/mol. The molecule has 1 aromatic rings. The monoisotopic (exact) mass is 265 g/mol. The summed E-state index contributed by atoms with van der Waals surface area (Å²) in [4.78, 5) is 25.2. The van der Waals surface area contributed by atoms with Gasteiger partial charge >= 0.3 is 5.97 Å². The van der Waals surface area contributed by atoms with Gasteiger partial charge in [-0.1, -0.05) is 12.8 Å². The zero-order valence-electron chi connectivity index (χ0n) is 11.1. The highest BCUT2D eigenvalue weighted by Gasteiger charge is 2.22. The van der Waals surface area contributed by atoms with Crippen LogP contribution in [0.3, 0.4) is 0 Å². The van der Waals surface area contributed by atoms with Crippen LogP contribution in [-0.4, -0.2) is 44.8 Å². The van der Waals surface area contributed by atoms with Crippen LogP contribution in [0, 0.1) is 0 Å². The van der Waals surface area contributed by atoms with E-state index in [9.17, 15) is 9.59 Å². The molecule has 0 aliphatic carbocycles. The van der Waals surface area contributed by atoms with E-state index in [1.54, 1.807) is 11.8 Å². The van der Waals surface area contributed by atoms with Gasteiger partial charge in [-0.25, -0.2) is 4.79 Å². The van der Waals surface area contributed by atoms with Crippen LogP contribution in [0.15, 0.2) is 6.07 Å². The maximum absolute atomic E-state index is 12.3. The van der Waals surface area contributed by atoms with Crippen molar-refractivity contribution in [1.29, 1.82) is 0 Å². The van der Waals surface area contributed by atoms with Gasteiger partial charge in [0.25, 0.3) is 5.91 Å². The van der Waals surface area contributed by atoms with Gasteiger partial charge in [-0.3, -0.25) is 9.48 Å². The number of rotatable bonds is 3. The molecule has 0 atom stereocenters. The van der Waals surface area contributed by atoms with Gasteiger partial charge in [-0.05, 0) is 19.8 Å². The molecule has 1 aliphatic heterocycles. The minimum Gasteiger partial charge on any atom is -0.477 e. The standard InChI is InChI=1S/C13H19N3O3/c1-2-16-11(13(18)19)9-10(14-16)12(17)15-7-5-3-4-6-8-15/h9H,2-8H2,1H3,(H,18,19). The zero-order chi connectivity index (χ0) is 13.8. The molecule has 1 N–H and O–H groups in total. The predicted molar refractivity (Wildman–Crippen MR) is 69.2 cm³/mol. The Morgan fingerprint density at radius 1 is 1.26 bits per heavy atom. The van der Waals surface area contributed by atoms with Gasteiger partial charge in [-0.2, -0.15) is 5.10 Å². The minimum absolute atomic E-state index is 0.0701. The largest absolute Gasteiger partial charge is 0.477 e. The van der Waals surface area contributed by atoms with Crippen molar-refractivity contribution >= 4 is 11.9 Å². The molecule has 104 valence electrons. The van der Waals surface area contributed by atoms with Crippen LogP contribution >= 0.6 is 0 Å².